The predicted octanol–water partition coefficient (Wildman–Crippen LogP) is 6.06. The van der Waals surface area contributed by atoms with Gasteiger partial charge in [0.1, 0.15) is 5.82 Å². The number of nitrogens with two attached hydrogens (primary N) is 1. The summed E-state index contributed by atoms with van der Waals surface area (Å²) < 4.78 is 14.7. The summed E-state index contributed by atoms with van der Waals surface area (Å²) >= 11 is 6.20. The zero-order valence-corrected chi connectivity index (χ0v) is 19.1. The Balaban J connectivity index is 1.65. The standard InChI is InChI=1S/C28H22ClFN2O2/c29-19-14-24-22(25(30)15-19)12-13-26(24)32(16-18-7-2-4-10-21(18)27(31)33)28(34)23-11-5-8-17-6-1-3-9-20(17)23/h1-11,14-15,26H,12-13,16H2,(H2,31,33)/t26-/m1/s1. The average Bonchev–Trinajstić information content (AvgIpc) is 3.25. The first-order valence-corrected chi connectivity index (χ1v) is 11.5. The number of hydrogen-bond acceptors (Lipinski definition) is 2. The lowest BCUT2D eigenvalue weighted by Crippen LogP contribution is -2.34. The van der Waals surface area contributed by atoms with Crippen LogP contribution in [0.3, 0.4) is 0 Å². The number of carbonyl (C=O) groups is 2. The summed E-state index contributed by atoms with van der Waals surface area (Å²) in [4.78, 5) is 27.9. The average molecular weight is 473 g/mol. The number of rotatable bonds is 5. The van der Waals surface area contributed by atoms with Crippen LogP contribution in [0.4, 0.5) is 4.39 Å². The lowest BCUT2D eigenvalue weighted by molar-refractivity contribution is 0.0658. The molecule has 4 aromatic carbocycles. The van der Waals surface area contributed by atoms with E-state index in [0.29, 0.717) is 45.7 Å². The second-order valence-corrected chi connectivity index (χ2v) is 8.93. The Kier molecular flexibility index (Phi) is 5.80. The van der Waals surface area contributed by atoms with Gasteiger partial charge in [-0.2, -0.15) is 0 Å². The Morgan fingerprint density at radius 1 is 0.971 bits per heavy atom. The van der Waals surface area contributed by atoms with Crippen molar-refractivity contribution in [2.45, 2.75) is 25.4 Å². The molecule has 0 aliphatic heterocycles. The largest absolute Gasteiger partial charge is 0.366 e. The molecule has 0 unspecified atom stereocenters. The first-order chi connectivity index (χ1) is 16.4. The molecule has 0 saturated heterocycles. The van der Waals surface area contributed by atoms with Crippen molar-refractivity contribution in [1.29, 1.82) is 0 Å². The van der Waals surface area contributed by atoms with Crippen molar-refractivity contribution >= 4 is 34.2 Å². The van der Waals surface area contributed by atoms with E-state index in [-0.39, 0.29) is 18.3 Å². The summed E-state index contributed by atoms with van der Waals surface area (Å²) in [5, 5.41) is 2.07. The van der Waals surface area contributed by atoms with E-state index in [1.807, 2.05) is 42.5 Å². The molecule has 5 rings (SSSR count). The van der Waals surface area contributed by atoms with Crippen LogP contribution in [-0.2, 0) is 13.0 Å². The molecule has 0 fully saturated rings. The third-order valence-electron chi connectivity index (χ3n) is 6.50. The van der Waals surface area contributed by atoms with Gasteiger partial charge in [-0.25, -0.2) is 4.39 Å². The van der Waals surface area contributed by atoms with E-state index in [0.717, 1.165) is 10.8 Å². The number of benzene rings is 4. The Labute approximate surface area is 201 Å². The molecule has 1 aliphatic carbocycles. The maximum Gasteiger partial charge on any atom is 0.255 e. The number of hydrogen-bond donors (Lipinski definition) is 1. The lowest BCUT2D eigenvalue weighted by atomic mass is 9.99. The Morgan fingerprint density at radius 3 is 2.50 bits per heavy atom. The molecule has 4 nitrogen and oxygen atoms in total. The van der Waals surface area contributed by atoms with Gasteiger partial charge >= 0.3 is 0 Å². The molecule has 0 bridgehead atoms. The van der Waals surface area contributed by atoms with Gasteiger partial charge < -0.3 is 10.6 Å². The normalized spacial score (nSPS) is 14.7. The van der Waals surface area contributed by atoms with E-state index in [1.165, 1.54) is 6.07 Å². The molecule has 34 heavy (non-hydrogen) atoms. The van der Waals surface area contributed by atoms with E-state index in [9.17, 15) is 14.0 Å². The second-order valence-electron chi connectivity index (χ2n) is 8.49. The molecule has 1 atom stereocenters. The Bertz CT molecular complexity index is 1430. The highest BCUT2D eigenvalue weighted by Crippen LogP contribution is 2.40. The monoisotopic (exact) mass is 472 g/mol. The molecular weight excluding hydrogens is 451 g/mol. The van der Waals surface area contributed by atoms with Crippen molar-refractivity contribution in [1.82, 2.24) is 4.90 Å². The molecule has 2 N–H and O–H groups in total. The van der Waals surface area contributed by atoms with Crippen molar-refractivity contribution in [3.8, 4) is 0 Å². The molecule has 1 aliphatic rings. The smallest absolute Gasteiger partial charge is 0.255 e. The number of halogens is 2. The highest BCUT2D eigenvalue weighted by molar-refractivity contribution is 6.30. The van der Waals surface area contributed by atoms with Crippen molar-refractivity contribution in [2.24, 2.45) is 5.73 Å². The summed E-state index contributed by atoms with van der Waals surface area (Å²) in [6, 6.07) is 22.9. The number of nitrogens with zero attached hydrogens (tertiary/aromatic N) is 1. The zero-order valence-electron chi connectivity index (χ0n) is 18.3. The van der Waals surface area contributed by atoms with Gasteiger partial charge in [-0.1, -0.05) is 66.2 Å². The Morgan fingerprint density at radius 2 is 1.68 bits per heavy atom. The number of primary amides is 1. The minimum atomic E-state index is -0.561. The number of amides is 2. The summed E-state index contributed by atoms with van der Waals surface area (Å²) in [5.41, 5.74) is 8.43. The predicted molar refractivity (Wildman–Crippen MR) is 131 cm³/mol. The van der Waals surface area contributed by atoms with Crippen molar-refractivity contribution in [3.05, 3.63) is 118 Å². The van der Waals surface area contributed by atoms with Crippen molar-refractivity contribution in [2.75, 3.05) is 0 Å². The van der Waals surface area contributed by atoms with Crippen LogP contribution in [0.15, 0.2) is 78.9 Å². The first-order valence-electron chi connectivity index (χ1n) is 11.1. The van der Waals surface area contributed by atoms with Crippen molar-refractivity contribution < 1.29 is 14.0 Å². The van der Waals surface area contributed by atoms with Gasteiger partial charge in [-0.05, 0) is 64.6 Å². The van der Waals surface area contributed by atoms with Gasteiger partial charge in [0.2, 0.25) is 5.91 Å². The molecule has 170 valence electrons. The number of carbonyl (C=O) groups excluding carboxylic acids is 2. The van der Waals surface area contributed by atoms with E-state index in [4.69, 9.17) is 17.3 Å². The van der Waals surface area contributed by atoms with Crippen LogP contribution in [-0.4, -0.2) is 16.7 Å². The summed E-state index contributed by atoms with van der Waals surface area (Å²) in [7, 11) is 0. The fourth-order valence-electron chi connectivity index (χ4n) is 4.92. The topological polar surface area (TPSA) is 63.4 Å². The first kappa shape index (κ1) is 22.1. The van der Waals surface area contributed by atoms with Crippen LogP contribution in [0.5, 0.6) is 0 Å². The van der Waals surface area contributed by atoms with Crippen LogP contribution < -0.4 is 5.73 Å². The van der Waals surface area contributed by atoms with E-state index in [2.05, 4.69) is 0 Å². The van der Waals surface area contributed by atoms with Crippen LogP contribution in [0.25, 0.3) is 10.8 Å². The molecule has 0 radical (unpaired) electrons. The van der Waals surface area contributed by atoms with E-state index >= 15 is 0 Å². The molecule has 0 saturated carbocycles. The molecule has 0 spiro atoms. The van der Waals surface area contributed by atoms with Gasteiger partial charge in [-0.3, -0.25) is 9.59 Å². The van der Waals surface area contributed by atoms with Gasteiger partial charge in [0, 0.05) is 22.7 Å². The zero-order chi connectivity index (χ0) is 23.8. The molecule has 2 amide bonds. The van der Waals surface area contributed by atoms with Crippen LogP contribution in [0, 0.1) is 5.82 Å². The lowest BCUT2D eigenvalue weighted by Gasteiger charge is -2.31. The van der Waals surface area contributed by atoms with Gasteiger partial charge in [-0.15, -0.1) is 0 Å². The van der Waals surface area contributed by atoms with E-state index < -0.39 is 11.9 Å². The molecule has 0 aromatic heterocycles. The SMILES string of the molecule is NC(=O)c1ccccc1CN(C(=O)c1cccc2ccccc12)[C@@H]1CCc2c(F)cc(Cl)cc21. The van der Waals surface area contributed by atoms with Crippen molar-refractivity contribution in [3.63, 3.8) is 0 Å². The number of fused-ring (bicyclic) bond motifs is 2. The summed E-state index contributed by atoms with van der Waals surface area (Å²) in [6.45, 7) is 0.152. The van der Waals surface area contributed by atoms with Gasteiger partial charge in [0.15, 0.2) is 0 Å². The molecular formula is C28H22ClFN2O2. The third-order valence-corrected chi connectivity index (χ3v) is 6.72. The fourth-order valence-corrected chi connectivity index (χ4v) is 5.13. The summed E-state index contributed by atoms with van der Waals surface area (Å²) in [5.74, 6) is -1.12. The van der Waals surface area contributed by atoms with Crippen LogP contribution >= 0.6 is 11.6 Å². The highest BCUT2D eigenvalue weighted by Gasteiger charge is 2.34. The fraction of sp³-hybridized carbons (Fsp3) is 0.143. The molecule has 4 aromatic rings. The summed E-state index contributed by atoms with van der Waals surface area (Å²) in [6.07, 6.45) is 1.06. The maximum absolute atomic E-state index is 14.7. The molecule has 6 heteroatoms. The van der Waals surface area contributed by atoms with Gasteiger partial charge in [0.05, 0.1) is 6.04 Å². The van der Waals surface area contributed by atoms with Gasteiger partial charge in [0.25, 0.3) is 5.91 Å². The van der Waals surface area contributed by atoms with E-state index in [1.54, 1.807) is 35.2 Å². The highest BCUT2D eigenvalue weighted by atomic mass is 35.5. The Hall–Kier alpha value is -3.70. The third kappa shape index (κ3) is 3.93. The quantitative estimate of drug-likeness (QED) is 0.383. The molecule has 0 heterocycles. The minimum absolute atomic E-state index is 0.152. The van der Waals surface area contributed by atoms with Crippen LogP contribution in [0.1, 0.15) is 49.9 Å². The van der Waals surface area contributed by atoms with Crippen LogP contribution in [0.2, 0.25) is 5.02 Å². The minimum Gasteiger partial charge on any atom is -0.366 e. The second kappa shape index (κ2) is 8.92. The maximum atomic E-state index is 14.7.